The van der Waals surface area contributed by atoms with Crippen LogP contribution in [0.1, 0.15) is 50.5 Å². The van der Waals surface area contributed by atoms with Crippen LogP contribution in [0.4, 0.5) is 5.69 Å². The molecule has 0 aliphatic rings. The number of benzene rings is 1. The zero-order valence-electron chi connectivity index (χ0n) is 12.2. The lowest BCUT2D eigenvalue weighted by atomic mass is 10.1. The molecule has 0 fully saturated rings. The molecule has 2 rings (SSSR count). The Kier molecular flexibility index (Phi) is 5.72. The van der Waals surface area contributed by atoms with E-state index in [1.54, 1.807) is 0 Å². The minimum atomic E-state index is 0.159. The summed E-state index contributed by atoms with van der Waals surface area (Å²) in [5.41, 5.74) is 2.54. The van der Waals surface area contributed by atoms with Crippen molar-refractivity contribution in [2.45, 2.75) is 45.6 Å². The number of hydrogen-bond donors (Lipinski definition) is 1. The summed E-state index contributed by atoms with van der Waals surface area (Å²) < 4.78 is 6.33. The number of rotatable bonds is 7. The number of anilines is 1. The van der Waals surface area contributed by atoms with Crippen LogP contribution in [0, 0.1) is 0 Å². The second-order valence-corrected chi connectivity index (χ2v) is 5.94. The minimum absolute atomic E-state index is 0.159. The summed E-state index contributed by atoms with van der Waals surface area (Å²) in [6, 6.07) is 12.8. The maximum absolute atomic E-state index is 5.56. The van der Waals surface area contributed by atoms with E-state index < -0.39 is 0 Å². The van der Waals surface area contributed by atoms with Gasteiger partial charge in [0.2, 0.25) is 0 Å². The number of aryl methyl sites for hydroxylation is 1. The highest BCUT2D eigenvalue weighted by atomic mass is 79.9. The normalized spacial score (nSPS) is 12.3. The molecule has 0 bridgehead atoms. The predicted octanol–water partition coefficient (Wildman–Crippen LogP) is 5.95. The van der Waals surface area contributed by atoms with Crippen molar-refractivity contribution in [2.24, 2.45) is 0 Å². The smallest absolute Gasteiger partial charge is 0.169 e. The summed E-state index contributed by atoms with van der Waals surface area (Å²) in [5, 5.41) is 3.45. The average Bonchev–Trinajstić information content (AvgIpc) is 2.88. The summed E-state index contributed by atoms with van der Waals surface area (Å²) in [6.45, 7) is 4.34. The van der Waals surface area contributed by atoms with Gasteiger partial charge in [-0.15, -0.1) is 0 Å². The van der Waals surface area contributed by atoms with E-state index in [2.05, 4.69) is 59.4 Å². The van der Waals surface area contributed by atoms with E-state index in [9.17, 15) is 0 Å². The Bertz CT molecular complexity index is 518. The quantitative estimate of drug-likeness (QED) is 0.632. The number of furan rings is 1. The lowest BCUT2D eigenvalue weighted by Gasteiger charge is -2.13. The van der Waals surface area contributed by atoms with Gasteiger partial charge in [0.25, 0.3) is 0 Å². The zero-order valence-corrected chi connectivity index (χ0v) is 13.7. The van der Waals surface area contributed by atoms with Gasteiger partial charge in [0.1, 0.15) is 5.76 Å². The molecule has 2 aromatic rings. The van der Waals surface area contributed by atoms with E-state index in [4.69, 9.17) is 4.42 Å². The highest BCUT2D eigenvalue weighted by Crippen LogP contribution is 2.24. The van der Waals surface area contributed by atoms with E-state index in [1.807, 2.05) is 12.1 Å². The van der Waals surface area contributed by atoms with Gasteiger partial charge in [0.05, 0.1) is 6.04 Å². The van der Waals surface area contributed by atoms with E-state index in [-0.39, 0.29) is 6.04 Å². The minimum Gasteiger partial charge on any atom is -0.452 e. The van der Waals surface area contributed by atoms with Crippen LogP contribution >= 0.6 is 15.9 Å². The Morgan fingerprint density at radius 2 is 1.85 bits per heavy atom. The third-order valence-corrected chi connectivity index (χ3v) is 3.85. The lowest BCUT2D eigenvalue weighted by Crippen LogP contribution is -2.05. The molecule has 1 aromatic heterocycles. The van der Waals surface area contributed by atoms with Crippen molar-refractivity contribution in [3.63, 3.8) is 0 Å². The molecule has 2 nitrogen and oxygen atoms in total. The number of halogens is 1. The first kappa shape index (κ1) is 15.2. The van der Waals surface area contributed by atoms with E-state index >= 15 is 0 Å². The predicted molar refractivity (Wildman–Crippen MR) is 88.1 cm³/mol. The maximum atomic E-state index is 5.56. The maximum Gasteiger partial charge on any atom is 0.169 e. The largest absolute Gasteiger partial charge is 0.452 e. The molecule has 0 saturated carbocycles. The molecule has 108 valence electrons. The monoisotopic (exact) mass is 335 g/mol. The molecule has 0 aliphatic carbocycles. The molecular weight excluding hydrogens is 314 g/mol. The van der Waals surface area contributed by atoms with Gasteiger partial charge in [-0.05, 0) is 65.5 Å². The summed E-state index contributed by atoms with van der Waals surface area (Å²) in [5.74, 6) is 0.934. The van der Waals surface area contributed by atoms with Gasteiger partial charge in [-0.2, -0.15) is 0 Å². The van der Waals surface area contributed by atoms with E-state index in [1.165, 1.54) is 31.2 Å². The molecule has 20 heavy (non-hydrogen) atoms. The first-order valence-electron chi connectivity index (χ1n) is 7.29. The first-order valence-corrected chi connectivity index (χ1v) is 8.09. The molecule has 0 aliphatic heterocycles. The van der Waals surface area contributed by atoms with E-state index in [0.717, 1.165) is 16.1 Å². The molecule has 1 N–H and O–H groups in total. The van der Waals surface area contributed by atoms with Crippen molar-refractivity contribution < 1.29 is 4.42 Å². The van der Waals surface area contributed by atoms with Crippen molar-refractivity contribution >= 4 is 21.6 Å². The second-order valence-electron chi connectivity index (χ2n) is 5.16. The van der Waals surface area contributed by atoms with Gasteiger partial charge in [0, 0.05) is 5.69 Å². The Balaban J connectivity index is 1.90. The fourth-order valence-corrected chi connectivity index (χ4v) is 2.55. The highest BCUT2D eigenvalue weighted by Gasteiger charge is 2.09. The molecule has 0 amide bonds. The molecule has 3 heteroatoms. The number of nitrogens with one attached hydrogen (secondary N) is 1. The van der Waals surface area contributed by atoms with Crippen LogP contribution in [-0.4, -0.2) is 0 Å². The third kappa shape index (κ3) is 4.41. The topological polar surface area (TPSA) is 25.2 Å². The third-order valence-electron chi connectivity index (χ3n) is 3.43. The molecule has 0 radical (unpaired) electrons. The Hall–Kier alpha value is -1.22. The van der Waals surface area contributed by atoms with Crippen LogP contribution in [0.5, 0.6) is 0 Å². The first-order chi connectivity index (χ1) is 9.69. The van der Waals surface area contributed by atoms with Crippen molar-refractivity contribution in [1.29, 1.82) is 0 Å². The van der Waals surface area contributed by atoms with Crippen LogP contribution in [-0.2, 0) is 6.42 Å². The molecule has 0 saturated heterocycles. The average molecular weight is 336 g/mol. The second kappa shape index (κ2) is 7.53. The van der Waals surface area contributed by atoms with Gasteiger partial charge >= 0.3 is 0 Å². The van der Waals surface area contributed by atoms with Gasteiger partial charge in [-0.3, -0.25) is 0 Å². The van der Waals surface area contributed by atoms with Crippen molar-refractivity contribution in [2.75, 3.05) is 5.32 Å². The van der Waals surface area contributed by atoms with Gasteiger partial charge in [-0.1, -0.05) is 31.9 Å². The van der Waals surface area contributed by atoms with Gasteiger partial charge in [0.15, 0.2) is 4.67 Å². The molecule has 1 heterocycles. The summed E-state index contributed by atoms with van der Waals surface area (Å²) in [6.07, 6.45) is 5.04. The molecule has 1 aromatic carbocycles. The number of unbranched alkanes of at least 4 members (excludes halogenated alkanes) is 2. The van der Waals surface area contributed by atoms with Crippen molar-refractivity contribution in [3.8, 4) is 0 Å². The van der Waals surface area contributed by atoms with Crippen LogP contribution in [0.25, 0.3) is 0 Å². The van der Waals surface area contributed by atoms with E-state index in [0.29, 0.717) is 0 Å². The van der Waals surface area contributed by atoms with Crippen LogP contribution < -0.4 is 5.32 Å². The molecule has 0 spiro atoms. The summed E-state index contributed by atoms with van der Waals surface area (Å²) in [7, 11) is 0. The highest BCUT2D eigenvalue weighted by molar-refractivity contribution is 9.10. The van der Waals surface area contributed by atoms with Crippen LogP contribution in [0.3, 0.4) is 0 Å². The molecular formula is C17H22BrNO. The fourth-order valence-electron chi connectivity index (χ4n) is 2.23. The molecule has 1 unspecified atom stereocenters. The zero-order chi connectivity index (χ0) is 14.4. The Morgan fingerprint density at radius 3 is 2.45 bits per heavy atom. The van der Waals surface area contributed by atoms with Crippen molar-refractivity contribution in [3.05, 3.63) is 52.4 Å². The van der Waals surface area contributed by atoms with Crippen LogP contribution in [0.2, 0.25) is 0 Å². The summed E-state index contributed by atoms with van der Waals surface area (Å²) in [4.78, 5) is 0. The summed E-state index contributed by atoms with van der Waals surface area (Å²) >= 11 is 3.33. The Labute approximate surface area is 129 Å². The fraction of sp³-hybridized carbons (Fsp3) is 0.412. The standard InChI is InChI=1S/C17H22BrNO/c1-3-4-5-6-14-7-9-15(10-8-14)19-13(2)16-11-12-17(18)20-16/h7-13,19H,3-6H2,1-2H3. The lowest BCUT2D eigenvalue weighted by molar-refractivity contribution is 0.471. The SMILES string of the molecule is CCCCCc1ccc(NC(C)c2ccc(Br)o2)cc1. The Morgan fingerprint density at radius 1 is 1.10 bits per heavy atom. The van der Waals surface area contributed by atoms with Gasteiger partial charge in [-0.25, -0.2) is 0 Å². The van der Waals surface area contributed by atoms with Crippen LogP contribution in [0.15, 0.2) is 45.5 Å². The molecule has 1 atom stereocenters. The van der Waals surface area contributed by atoms with Gasteiger partial charge < -0.3 is 9.73 Å². The number of hydrogen-bond acceptors (Lipinski definition) is 2. The van der Waals surface area contributed by atoms with Crippen molar-refractivity contribution in [1.82, 2.24) is 0 Å².